The molecule has 12 nitrogen and oxygen atoms in total. The smallest absolute Gasteiger partial charge is 0.351 e. The van der Waals surface area contributed by atoms with Crippen molar-refractivity contribution in [3.8, 4) is 0 Å². The van der Waals surface area contributed by atoms with E-state index < -0.39 is 73.0 Å². The van der Waals surface area contributed by atoms with Gasteiger partial charge in [0, 0.05) is 0 Å². The summed E-state index contributed by atoms with van der Waals surface area (Å²) < 4.78 is 19.4. The zero-order chi connectivity index (χ0) is 23.3. The van der Waals surface area contributed by atoms with Crippen LogP contribution in [0.15, 0.2) is 0 Å². The molecule has 12 heteroatoms. The summed E-state index contributed by atoms with van der Waals surface area (Å²) in [6.07, 6.45) is -3.58. The lowest BCUT2D eigenvalue weighted by Gasteiger charge is -2.29. The Kier molecular flexibility index (Phi) is 11.7. The molecule has 0 spiro atoms. The summed E-state index contributed by atoms with van der Waals surface area (Å²) in [6, 6.07) is 0. The average molecular weight is 434 g/mol. The van der Waals surface area contributed by atoms with Crippen LogP contribution in [0.3, 0.4) is 0 Å². The van der Waals surface area contributed by atoms with Crippen molar-refractivity contribution in [3.05, 3.63) is 0 Å². The molecule has 0 aromatic heterocycles. The molecule has 2 N–H and O–H groups in total. The molecule has 0 amide bonds. The number of carboxylic acid groups (broad SMARTS) is 2. The summed E-state index contributed by atoms with van der Waals surface area (Å²) in [5.74, 6) is -9.21. The maximum atomic E-state index is 12.6. The Hall–Kier alpha value is -3.18. The lowest BCUT2D eigenvalue weighted by Crippen LogP contribution is -2.49. The molecule has 0 bridgehead atoms. The van der Waals surface area contributed by atoms with Crippen molar-refractivity contribution in [3.63, 3.8) is 0 Å². The molecule has 0 saturated carbocycles. The minimum atomic E-state index is -2.46. The number of esters is 4. The first-order valence-corrected chi connectivity index (χ1v) is 9.16. The molecule has 0 aromatic rings. The quantitative estimate of drug-likeness (QED) is 0.282. The van der Waals surface area contributed by atoms with Gasteiger partial charge < -0.3 is 29.2 Å². The first-order chi connectivity index (χ1) is 14.0. The Bertz CT molecular complexity index is 634. The molecular weight excluding hydrogens is 408 g/mol. The van der Waals surface area contributed by atoms with Crippen LogP contribution in [0, 0.1) is 5.92 Å². The second-order valence-electron chi connectivity index (χ2n) is 5.99. The normalized spacial score (nSPS) is 11.7. The van der Waals surface area contributed by atoms with E-state index in [0.29, 0.717) is 0 Å². The van der Waals surface area contributed by atoms with Gasteiger partial charge in [-0.05, 0) is 20.8 Å². The van der Waals surface area contributed by atoms with Gasteiger partial charge in [-0.2, -0.15) is 0 Å². The molecule has 0 fully saturated rings. The SMILES string of the molecule is CCOC(=O)CC(CC(=O)OCC)(OC(=O)CC(CC(=O)O)C(=O)O)C(=O)OCC. The molecule has 0 aliphatic heterocycles. The highest BCUT2D eigenvalue weighted by atomic mass is 16.6. The number of aliphatic carboxylic acids is 2. The van der Waals surface area contributed by atoms with Crippen molar-refractivity contribution in [1.82, 2.24) is 0 Å². The van der Waals surface area contributed by atoms with E-state index in [9.17, 15) is 28.8 Å². The third-order valence-corrected chi connectivity index (χ3v) is 3.61. The van der Waals surface area contributed by atoms with E-state index >= 15 is 0 Å². The maximum Gasteiger partial charge on any atom is 0.351 e. The third kappa shape index (κ3) is 9.34. The van der Waals surface area contributed by atoms with Gasteiger partial charge in [-0.3, -0.25) is 24.0 Å². The number of carbonyl (C=O) groups is 6. The van der Waals surface area contributed by atoms with E-state index in [1.807, 2.05) is 0 Å². The number of carboxylic acids is 2. The van der Waals surface area contributed by atoms with E-state index in [4.69, 9.17) is 29.2 Å². The molecule has 0 heterocycles. The summed E-state index contributed by atoms with van der Waals surface area (Å²) in [7, 11) is 0. The minimum Gasteiger partial charge on any atom is -0.481 e. The largest absolute Gasteiger partial charge is 0.481 e. The lowest BCUT2D eigenvalue weighted by molar-refractivity contribution is -0.192. The molecule has 0 aliphatic carbocycles. The van der Waals surface area contributed by atoms with Gasteiger partial charge in [-0.1, -0.05) is 0 Å². The van der Waals surface area contributed by atoms with Crippen LogP contribution < -0.4 is 0 Å². The highest BCUT2D eigenvalue weighted by molar-refractivity contribution is 5.93. The lowest BCUT2D eigenvalue weighted by atomic mass is 9.94. The second kappa shape index (κ2) is 13.1. The predicted octanol–water partition coefficient (Wildman–Crippen LogP) is 0.304. The zero-order valence-electron chi connectivity index (χ0n) is 17.0. The van der Waals surface area contributed by atoms with Gasteiger partial charge in [0.1, 0.15) is 0 Å². The van der Waals surface area contributed by atoms with Crippen LogP contribution in [-0.4, -0.2) is 71.5 Å². The minimum absolute atomic E-state index is 0.0647. The fourth-order valence-electron chi connectivity index (χ4n) is 2.39. The third-order valence-electron chi connectivity index (χ3n) is 3.61. The van der Waals surface area contributed by atoms with Gasteiger partial charge in [0.25, 0.3) is 0 Å². The van der Waals surface area contributed by atoms with Crippen LogP contribution in [0.25, 0.3) is 0 Å². The standard InChI is InChI=1S/C18H26O12/c1-4-27-14(22)9-18(17(26)29-6-3,10-15(23)28-5-2)30-13(21)8-11(16(24)25)7-12(19)20/h11H,4-10H2,1-3H3,(H,19,20)(H,24,25). The van der Waals surface area contributed by atoms with Crippen molar-refractivity contribution in [2.45, 2.75) is 52.1 Å². The number of rotatable bonds is 14. The molecule has 0 aromatic carbocycles. The van der Waals surface area contributed by atoms with Crippen LogP contribution in [0.4, 0.5) is 0 Å². The first kappa shape index (κ1) is 26.8. The monoisotopic (exact) mass is 434 g/mol. The maximum absolute atomic E-state index is 12.6. The number of hydrogen-bond acceptors (Lipinski definition) is 10. The van der Waals surface area contributed by atoms with Crippen LogP contribution in [0.5, 0.6) is 0 Å². The van der Waals surface area contributed by atoms with Crippen molar-refractivity contribution in [1.29, 1.82) is 0 Å². The van der Waals surface area contributed by atoms with Gasteiger partial charge in [0.2, 0.25) is 5.60 Å². The van der Waals surface area contributed by atoms with Crippen LogP contribution in [-0.2, 0) is 47.7 Å². The summed E-state index contributed by atoms with van der Waals surface area (Å²) >= 11 is 0. The number of hydrogen-bond donors (Lipinski definition) is 2. The van der Waals surface area contributed by atoms with E-state index in [1.54, 1.807) is 0 Å². The van der Waals surface area contributed by atoms with Crippen LogP contribution in [0.2, 0.25) is 0 Å². The van der Waals surface area contributed by atoms with Crippen LogP contribution in [0.1, 0.15) is 46.5 Å². The van der Waals surface area contributed by atoms with Gasteiger partial charge in [0.15, 0.2) is 0 Å². The molecule has 170 valence electrons. The summed E-state index contributed by atoms with van der Waals surface area (Å²) in [4.78, 5) is 70.9. The molecule has 30 heavy (non-hydrogen) atoms. The van der Waals surface area contributed by atoms with E-state index in [2.05, 4.69) is 0 Å². The summed E-state index contributed by atoms with van der Waals surface area (Å²) in [5, 5.41) is 17.9. The number of ether oxygens (including phenoxy) is 4. The summed E-state index contributed by atoms with van der Waals surface area (Å²) in [5.41, 5.74) is -2.46. The molecular formula is C18H26O12. The first-order valence-electron chi connectivity index (χ1n) is 9.16. The predicted molar refractivity (Wildman–Crippen MR) is 96.0 cm³/mol. The van der Waals surface area contributed by atoms with E-state index in [1.165, 1.54) is 20.8 Å². The second-order valence-corrected chi connectivity index (χ2v) is 5.99. The Labute approximate surface area is 172 Å². The molecule has 0 radical (unpaired) electrons. The highest BCUT2D eigenvalue weighted by Gasteiger charge is 2.49. The summed E-state index contributed by atoms with van der Waals surface area (Å²) in [6.45, 7) is 4.11. The fraction of sp³-hybridized carbons (Fsp3) is 0.667. The number of carbonyl (C=O) groups excluding carboxylic acids is 4. The van der Waals surface area contributed by atoms with E-state index in [0.717, 1.165) is 0 Å². The highest BCUT2D eigenvalue weighted by Crippen LogP contribution is 2.27. The van der Waals surface area contributed by atoms with Gasteiger partial charge >= 0.3 is 35.8 Å². The topological polar surface area (TPSA) is 180 Å². The molecule has 0 saturated heterocycles. The average Bonchev–Trinajstić information content (AvgIpc) is 2.60. The zero-order valence-corrected chi connectivity index (χ0v) is 17.0. The Balaban J connectivity index is 5.88. The fourth-order valence-corrected chi connectivity index (χ4v) is 2.39. The Morgan fingerprint density at radius 1 is 0.733 bits per heavy atom. The Morgan fingerprint density at radius 2 is 1.20 bits per heavy atom. The van der Waals surface area contributed by atoms with Crippen molar-refractivity contribution in [2.75, 3.05) is 19.8 Å². The Morgan fingerprint density at radius 3 is 1.57 bits per heavy atom. The van der Waals surface area contributed by atoms with E-state index in [-0.39, 0.29) is 19.8 Å². The van der Waals surface area contributed by atoms with Gasteiger partial charge in [0.05, 0.1) is 51.4 Å². The molecule has 1 unspecified atom stereocenters. The van der Waals surface area contributed by atoms with Gasteiger partial charge in [-0.15, -0.1) is 0 Å². The molecule has 1 atom stereocenters. The van der Waals surface area contributed by atoms with Gasteiger partial charge in [-0.25, -0.2) is 4.79 Å². The molecule has 0 aliphatic rings. The van der Waals surface area contributed by atoms with Crippen molar-refractivity contribution >= 4 is 35.8 Å². The molecule has 0 rings (SSSR count). The van der Waals surface area contributed by atoms with Crippen molar-refractivity contribution in [2.24, 2.45) is 5.92 Å². The van der Waals surface area contributed by atoms with Crippen molar-refractivity contribution < 1.29 is 57.9 Å². The van der Waals surface area contributed by atoms with Crippen LogP contribution >= 0.6 is 0 Å².